The van der Waals surface area contributed by atoms with Crippen LogP contribution in [0.15, 0.2) is 23.2 Å². The zero-order chi connectivity index (χ0) is 14.5. The average Bonchev–Trinajstić information content (AvgIpc) is 2.38. The number of hydrogen-bond donors (Lipinski definition) is 1. The summed E-state index contributed by atoms with van der Waals surface area (Å²) in [6.45, 7) is 0.301. The summed E-state index contributed by atoms with van der Waals surface area (Å²) in [5.41, 5.74) is 0.734. The summed E-state index contributed by atoms with van der Waals surface area (Å²) in [5.74, 6) is 0.187. The van der Waals surface area contributed by atoms with E-state index in [1.165, 1.54) is 11.8 Å². The van der Waals surface area contributed by atoms with Crippen molar-refractivity contribution in [2.75, 3.05) is 12.9 Å². The van der Waals surface area contributed by atoms with E-state index in [0.717, 1.165) is 15.9 Å². The van der Waals surface area contributed by atoms with Crippen LogP contribution in [0.5, 0.6) is 0 Å². The number of ether oxygens (including phenoxy) is 1. The van der Waals surface area contributed by atoms with Crippen LogP contribution in [-0.2, 0) is 16.1 Å². The molecule has 2 aromatic rings. The SMILES string of the molecule is COCc1nc(SCCC(=O)O)c2ccc(Cl)cc2n1. The molecule has 0 saturated carbocycles. The Bertz CT molecular complexity index is 636. The minimum absolute atomic E-state index is 0.0867. The van der Waals surface area contributed by atoms with Gasteiger partial charge >= 0.3 is 5.97 Å². The number of benzene rings is 1. The molecule has 20 heavy (non-hydrogen) atoms. The summed E-state index contributed by atoms with van der Waals surface area (Å²) >= 11 is 7.36. The molecular weight excluding hydrogens is 300 g/mol. The van der Waals surface area contributed by atoms with Crippen molar-refractivity contribution >= 4 is 40.2 Å². The van der Waals surface area contributed by atoms with Crippen molar-refractivity contribution in [3.8, 4) is 0 Å². The number of aliphatic carboxylic acids is 1. The van der Waals surface area contributed by atoms with Gasteiger partial charge in [-0.3, -0.25) is 4.79 Å². The number of aromatic nitrogens is 2. The van der Waals surface area contributed by atoms with E-state index in [-0.39, 0.29) is 6.42 Å². The standard InChI is InChI=1S/C13H13ClN2O3S/c1-19-7-11-15-10-6-8(14)2-3-9(10)13(16-11)20-5-4-12(17)18/h2-3,6H,4-5,7H2,1H3,(H,17,18). The predicted molar refractivity (Wildman–Crippen MR) is 78.2 cm³/mol. The number of carbonyl (C=O) groups is 1. The molecule has 0 radical (unpaired) electrons. The highest BCUT2D eigenvalue weighted by Crippen LogP contribution is 2.27. The molecule has 0 amide bonds. The second-order valence-electron chi connectivity index (χ2n) is 4.03. The smallest absolute Gasteiger partial charge is 0.304 e. The van der Waals surface area contributed by atoms with Crippen LogP contribution in [-0.4, -0.2) is 33.9 Å². The maximum Gasteiger partial charge on any atom is 0.304 e. The fraction of sp³-hybridized carbons (Fsp3) is 0.308. The van der Waals surface area contributed by atoms with E-state index in [1.54, 1.807) is 19.2 Å². The van der Waals surface area contributed by atoms with Crippen LogP contribution in [0.2, 0.25) is 5.02 Å². The first kappa shape index (κ1) is 15.0. The molecule has 1 heterocycles. The molecule has 5 nitrogen and oxygen atoms in total. The molecular formula is C13H13ClN2O3S. The molecule has 0 aliphatic heterocycles. The van der Waals surface area contributed by atoms with Crippen LogP contribution < -0.4 is 0 Å². The summed E-state index contributed by atoms with van der Waals surface area (Å²) in [6, 6.07) is 5.38. The third-order valence-corrected chi connectivity index (χ3v) is 3.73. The van der Waals surface area contributed by atoms with Crippen molar-refractivity contribution in [2.45, 2.75) is 18.1 Å². The molecule has 7 heteroatoms. The van der Waals surface area contributed by atoms with Gasteiger partial charge in [0.1, 0.15) is 11.6 Å². The molecule has 1 aromatic carbocycles. The largest absolute Gasteiger partial charge is 0.481 e. The second-order valence-corrected chi connectivity index (χ2v) is 5.55. The van der Waals surface area contributed by atoms with Gasteiger partial charge in [-0.25, -0.2) is 9.97 Å². The van der Waals surface area contributed by atoms with Crippen molar-refractivity contribution in [3.63, 3.8) is 0 Å². The molecule has 1 N–H and O–H groups in total. The number of hydrogen-bond acceptors (Lipinski definition) is 5. The molecule has 0 aliphatic carbocycles. The predicted octanol–water partition coefficient (Wildman–Crippen LogP) is 3.00. The third-order valence-electron chi connectivity index (χ3n) is 2.50. The Hall–Kier alpha value is -1.37. The van der Waals surface area contributed by atoms with Crippen LogP contribution in [0.4, 0.5) is 0 Å². The summed E-state index contributed by atoms with van der Waals surface area (Å²) in [4.78, 5) is 19.4. The fourth-order valence-electron chi connectivity index (χ4n) is 1.66. The first-order valence-corrected chi connectivity index (χ1v) is 7.26. The van der Waals surface area contributed by atoms with E-state index in [9.17, 15) is 4.79 Å². The lowest BCUT2D eigenvalue weighted by Gasteiger charge is -2.08. The number of thioether (sulfide) groups is 1. The summed E-state index contributed by atoms with van der Waals surface area (Å²) in [5, 5.41) is 10.9. The van der Waals surface area contributed by atoms with Gasteiger partial charge < -0.3 is 9.84 Å². The lowest BCUT2D eigenvalue weighted by Crippen LogP contribution is -2.01. The van der Waals surface area contributed by atoms with Crippen LogP contribution in [0, 0.1) is 0 Å². The third kappa shape index (κ3) is 3.82. The summed E-state index contributed by atoms with van der Waals surface area (Å²) < 4.78 is 5.04. The highest BCUT2D eigenvalue weighted by Gasteiger charge is 2.09. The molecule has 0 spiro atoms. The van der Waals surface area contributed by atoms with Crippen LogP contribution in [0.25, 0.3) is 10.9 Å². The minimum atomic E-state index is -0.823. The first-order chi connectivity index (χ1) is 9.60. The second kappa shape index (κ2) is 6.88. The maximum absolute atomic E-state index is 10.6. The molecule has 0 saturated heterocycles. The fourth-order valence-corrected chi connectivity index (χ4v) is 2.79. The Labute approximate surface area is 125 Å². The number of carboxylic acid groups (broad SMARTS) is 1. The summed E-state index contributed by atoms with van der Waals surface area (Å²) in [6.07, 6.45) is 0.0867. The van der Waals surface area contributed by atoms with E-state index in [1.807, 2.05) is 6.07 Å². The number of fused-ring (bicyclic) bond motifs is 1. The zero-order valence-electron chi connectivity index (χ0n) is 10.8. The van der Waals surface area contributed by atoms with Crippen molar-refractivity contribution in [2.24, 2.45) is 0 Å². The molecule has 0 bridgehead atoms. The van der Waals surface area contributed by atoms with Crippen molar-refractivity contribution in [1.29, 1.82) is 0 Å². The van der Waals surface area contributed by atoms with Gasteiger partial charge in [-0.05, 0) is 18.2 Å². The Morgan fingerprint density at radius 1 is 1.45 bits per heavy atom. The zero-order valence-corrected chi connectivity index (χ0v) is 12.4. The molecule has 0 aliphatic rings. The number of halogens is 1. The number of rotatable bonds is 6. The van der Waals surface area contributed by atoms with Crippen LogP contribution >= 0.6 is 23.4 Å². The molecule has 106 valence electrons. The van der Waals surface area contributed by atoms with Gasteiger partial charge in [0, 0.05) is 23.3 Å². The van der Waals surface area contributed by atoms with Gasteiger partial charge in [0.2, 0.25) is 0 Å². The first-order valence-electron chi connectivity index (χ1n) is 5.90. The Morgan fingerprint density at radius 3 is 2.95 bits per heavy atom. The van der Waals surface area contributed by atoms with E-state index in [4.69, 9.17) is 21.4 Å². The molecule has 1 aromatic heterocycles. The van der Waals surface area contributed by atoms with Gasteiger partial charge in [-0.1, -0.05) is 11.6 Å². The Balaban J connectivity index is 2.36. The Morgan fingerprint density at radius 2 is 2.25 bits per heavy atom. The van der Waals surface area contributed by atoms with Crippen molar-refractivity contribution < 1.29 is 14.6 Å². The van der Waals surface area contributed by atoms with Crippen molar-refractivity contribution in [3.05, 3.63) is 29.0 Å². The minimum Gasteiger partial charge on any atom is -0.481 e. The van der Waals surface area contributed by atoms with Crippen LogP contribution in [0.3, 0.4) is 0 Å². The van der Waals surface area contributed by atoms with E-state index < -0.39 is 5.97 Å². The van der Waals surface area contributed by atoms with E-state index in [2.05, 4.69) is 9.97 Å². The molecule has 2 rings (SSSR count). The average molecular weight is 313 g/mol. The highest BCUT2D eigenvalue weighted by atomic mass is 35.5. The Kier molecular flexibility index (Phi) is 5.17. The topological polar surface area (TPSA) is 72.3 Å². The molecule has 0 unspecified atom stereocenters. The van der Waals surface area contributed by atoms with Gasteiger partial charge in [-0.2, -0.15) is 0 Å². The lowest BCUT2D eigenvalue weighted by atomic mass is 10.2. The van der Waals surface area contributed by atoms with Gasteiger partial charge in [0.05, 0.1) is 11.9 Å². The van der Waals surface area contributed by atoms with Gasteiger partial charge in [0.25, 0.3) is 0 Å². The monoisotopic (exact) mass is 312 g/mol. The molecule has 0 fully saturated rings. The number of carboxylic acids is 1. The van der Waals surface area contributed by atoms with Crippen molar-refractivity contribution in [1.82, 2.24) is 9.97 Å². The van der Waals surface area contributed by atoms with Gasteiger partial charge in [0.15, 0.2) is 5.82 Å². The van der Waals surface area contributed by atoms with E-state index in [0.29, 0.717) is 23.2 Å². The number of nitrogens with zero attached hydrogens (tertiary/aromatic N) is 2. The molecule has 0 atom stereocenters. The van der Waals surface area contributed by atoms with Gasteiger partial charge in [-0.15, -0.1) is 11.8 Å². The highest BCUT2D eigenvalue weighted by molar-refractivity contribution is 7.99. The summed E-state index contributed by atoms with van der Waals surface area (Å²) in [7, 11) is 1.57. The lowest BCUT2D eigenvalue weighted by molar-refractivity contribution is -0.136. The van der Waals surface area contributed by atoms with E-state index >= 15 is 0 Å². The van der Waals surface area contributed by atoms with Crippen LogP contribution in [0.1, 0.15) is 12.2 Å². The quantitative estimate of drug-likeness (QED) is 0.653. The normalized spacial score (nSPS) is 10.9. The maximum atomic E-state index is 10.6. The number of methoxy groups -OCH3 is 1.